The van der Waals surface area contributed by atoms with Crippen LogP contribution >= 0.6 is 0 Å². The van der Waals surface area contributed by atoms with Crippen molar-refractivity contribution in [3.8, 4) is 0 Å². The van der Waals surface area contributed by atoms with E-state index < -0.39 is 0 Å². The first kappa shape index (κ1) is 11.8. The highest BCUT2D eigenvalue weighted by Gasteiger charge is 2.18. The second-order valence-electron chi connectivity index (χ2n) is 4.25. The molecule has 0 aliphatic heterocycles. The minimum atomic E-state index is 0.332. The van der Waals surface area contributed by atoms with Crippen LogP contribution in [0.15, 0.2) is 54.9 Å². The number of pyridine rings is 1. The fourth-order valence-electron chi connectivity index (χ4n) is 2.23. The van der Waals surface area contributed by atoms with Gasteiger partial charge in [-0.25, -0.2) is 0 Å². The van der Waals surface area contributed by atoms with Crippen molar-refractivity contribution in [3.63, 3.8) is 0 Å². The molecule has 0 aliphatic rings. The van der Waals surface area contributed by atoms with Crippen LogP contribution in [0.4, 0.5) is 0 Å². The van der Waals surface area contributed by atoms with E-state index in [1.165, 1.54) is 11.1 Å². The fraction of sp³-hybridized carbons (Fsp3) is 0.267. The van der Waals surface area contributed by atoms with Crippen molar-refractivity contribution in [2.45, 2.75) is 18.9 Å². The zero-order valence-corrected chi connectivity index (χ0v) is 10.3. The summed E-state index contributed by atoms with van der Waals surface area (Å²) < 4.78 is 0. The van der Waals surface area contributed by atoms with E-state index in [1.807, 2.05) is 25.5 Å². The number of aromatic nitrogens is 1. The van der Waals surface area contributed by atoms with E-state index >= 15 is 0 Å². The van der Waals surface area contributed by atoms with Gasteiger partial charge in [0.05, 0.1) is 0 Å². The number of nitrogens with zero attached hydrogens (tertiary/aromatic N) is 1. The number of nitrogens with one attached hydrogen (secondary N) is 1. The van der Waals surface area contributed by atoms with E-state index in [4.69, 9.17) is 0 Å². The average Bonchev–Trinajstić information content (AvgIpc) is 2.42. The molecule has 2 nitrogen and oxygen atoms in total. The number of hydrogen-bond donors (Lipinski definition) is 1. The summed E-state index contributed by atoms with van der Waals surface area (Å²) in [7, 11) is 2.01. The van der Waals surface area contributed by atoms with Crippen molar-refractivity contribution in [3.05, 3.63) is 66.0 Å². The van der Waals surface area contributed by atoms with E-state index in [2.05, 4.69) is 53.6 Å². The molecule has 0 amide bonds. The molecule has 1 N–H and O–H groups in total. The first-order valence-electron chi connectivity index (χ1n) is 5.95. The largest absolute Gasteiger partial charge is 0.312 e. The minimum absolute atomic E-state index is 0.332. The lowest BCUT2D eigenvalue weighted by molar-refractivity contribution is 0.507. The molecule has 2 atom stereocenters. The molecule has 0 bridgehead atoms. The summed E-state index contributed by atoms with van der Waals surface area (Å²) in [6.07, 6.45) is 3.70. The molecule has 2 rings (SSSR count). The van der Waals surface area contributed by atoms with Gasteiger partial charge in [0.15, 0.2) is 0 Å². The molecule has 1 heterocycles. The number of rotatable bonds is 4. The highest BCUT2D eigenvalue weighted by Crippen LogP contribution is 2.29. The van der Waals surface area contributed by atoms with Crippen molar-refractivity contribution in [2.75, 3.05) is 7.05 Å². The van der Waals surface area contributed by atoms with Crippen LogP contribution < -0.4 is 5.32 Å². The highest BCUT2D eigenvalue weighted by molar-refractivity contribution is 5.26. The van der Waals surface area contributed by atoms with E-state index in [0.29, 0.717) is 12.0 Å². The van der Waals surface area contributed by atoms with E-state index in [1.54, 1.807) is 0 Å². The van der Waals surface area contributed by atoms with E-state index in [0.717, 1.165) is 0 Å². The summed E-state index contributed by atoms with van der Waals surface area (Å²) in [6, 6.07) is 15.0. The Labute approximate surface area is 103 Å². The number of benzene rings is 1. The smallest absolute Gasteiger partial charge is 0.0384 e. The molecular weight excluding hydrogens is 208 g/mol. The van der Waals surface area contributed by atoms with E-state index in [-0.39, 0.29) is 0 Å². The Morgan fingerprint density at radius 3 is 2.18 bits per heavy atom. The molecular formula is C15H18N2. The zero-order valence-electron chi connectivity index (χ0n) is 10.3. The Kier molecular flexibility index (Phi) is 3.89. The normalized spacial score (nSPS) is 14.2. The monoisotopic (exact) mass is 226 g/mol. The lowest BCUT2D eigenvalue weighted by atomic mass is 9.89. The molecule has 2 heteroatoms. The minimum Gasteiger partial charge on any atom is -0.312 e. The number of likely N-dealkylation sites (N-methyl/N-ethyl adjacent to an activating group) is 1. The second kappa shape index (κ2) is 5.60. The third kappa shape index (κ3) is 2.71. The Morgan fingerprint density at radius 2 is 1.59 bits per heavy atom. The van der Waals surface area contributed by atoms with Crippen molar-refractivity contribution in [2.24, 2.45) is 0 Å². The average molecular weight is 226 g/mol. The van der Waals surface area contributed by atoms with Gasteiger partial charge in [0.2, 0.25) is 0 Å². The molecule has 2 aromatic rings. The van der Waals surface area contributed by atoms with Crippen LogP contribution in [0.3, 0.4) is 0 Å². The van der Waals surface area contributed by atoms with Gasteiger partial charge in [0, 0.05) is 24.4 Å². The topological polar surface area (TPSA) is 24.9 Å². The van der Waals surface area contributed by atoms with Gasteiger partial charge in [-0.15, -0.1) is 0 Å². The highest BCUT2D eigenvalue weighted by atomic mass is 14.9. The fourth-order valence-corrected chi connectivity index (χ4v) is 2.23. The summed E-state index contributed by atoms with van der Waals surface area (Å²) in [4.78, 5) is 4.07. The van der Waals surface area contributed by atoms with Gasteiger partial charge >= 0.3 is 0 Å². The lowest BCUT2D eigenvalue weighted by Gasteiger charge is -2.24. The third-order valence-corrected chi connectivity index (χ3v) is 3.20. The Bertz CT molecular complexity index is 439. The lowest BCUT2D eigenvalue weighted by Crippen LogP contribution is -2.22. The molecule has 1 aromatic carbocycles. The predicted molar refractivity (Wildman–Crippen MR) is 70.9 cm³/mol. The molecule has 0 radical (unpaired) electrons. The van der Waals surface area contributed by atoms with Crippen LogP contribution in [0.5, 0.6) is 0 Å². The van der Waals surface area contributed by atoms with Crippen LogP contribution in [0.1, 0.15) is 30.0 Å². The maximum atomic E-state index is 4.07. The molecule has 1 aromatic heterocycles. The standard InChI is InChI=1S/C15H18N2/c1-12(13-8-10-17-11-9-13)15(16-2)14-6-4-3-5-7-14/h3-12,15-16H,1-2H3. The first-order chi connectivity index (χ1) is 8.33. The molecule has 0 saturated carbocycles. The first-order valence-corrected chi connectivity index (χ1v) is 5.95. The van der Waals surface area contributed by atoms with Gasteiger partial charge in [-0.2, -0.15) is 0 Å². The summed E-state index contributed by atoms with van der Waals surface area (Å²) in [5, 5.41) is 3.40. The van der Waals surface area contributed by atoms with Gasteiger partial charge in [-0.05, 0) is 30.3 Å². The Morgan fingerprint density at radius 1 is 0.941 bits per heavy atom. The van der Waals surface area contributed by atoms with Crippen LogP contribution in [0.2, 0.25) is 0 Å². The van der Waals surface area contributed by atoms with Crippen molar-refractivity contribution in [1.29, 1.82) is 0 Å². The zero-order chi connectivity index (χ0) is 12.1. The maximum Gasteiger partial charge on any atom is 0.0384 e. The summed E-state index contributed by atoms with van der Waals surface area (Å²) in [5.41, 5.74) is 2.63. The molecule has 0 spiro atoms. The molecule has 88 valence electrons. The Balaban J connectivity index is 2.25. The quantitative estimate of drug-likeness (QED) is 0.866. The molecule has 0 aliphatic carbocycles. The number of hydrogen-bond acceptors (Lipinski definition) is 2. The summed E-state index contributed by atoms with van der Waals surface area (Å²) in [6.45, 7) is 2.24. The third-order valence-electron chi connectivity index (χ3n) is 3.20. The van der Waals surface area contributed by atoms with Crippen LogP contribution in [0.25, 0.3) is 0 Å². The summed E-state index contributed by atoms with van der Waals surface area (Å²) in [5.74, 6) is 0.422. The van der Waals surface area contributed by atoms with Crippen molar-refractivity contribution < 1.29 is 0 Å². The van der Waals surface area contributed by atoms with Gasteiger partial charge in [-0.1, -0.05) is 37.3 Å². The molecule has 0 fully saturated rings. The van der Waals surface area contributed by atoms with Crippen LogP contribution in [0, 0.1) is 0 Å². The van der Waals surface area contributed by atoms with Gasteiger partial charge < -0.3 is 5.32 Å². The van der Waals surface area contributed by atoms with Crippen molar-refractivity contribution in [1.82, 2.24) is 10.3 Å². The Hall–Kier alpha value is -1.67. The van der Waals surface area contributed by atoms with Gasteiger partial charge in [0.25, 0.3) is 0 Å². The van der Waals surface area contributed by atoms with Crippen LogP contribution in [-0.4, -0.2) is 12.0 Å². The SMILES string of the molecule is CNC(c1ccccc1)C(C)c1ccncc1. The molecule has 2 unspecified atom stereocenters. The predicted octanol–water partition coefficient (Wildman–Crippen LogP) is 3.15. The molecule has 17 heavy (non-hydrogen) atoms. The molecule has 0 saturated heterocycles. The van der Waals surface area contributed by atoms with Crippen molar-refractivity contribution >= 4 is 0 Å². The van der Waals surface area contributed by atoms with Crippen LogP contribution in [-0.2, 0) is 0 Å². The van der Waals surface area contributed by atoms with E-state index in [9.17, 15) is 0 Å². The summed E-state index contributed by atoms with van der Waals surface area (Å²) >= 11 is 0. The van der Waals surface area contributed by atoms with Gasteiger partial charge in [-0.3, -0.25) is 4.98 Å². The van der Waals surface area contributed by atoms with Gasteiger partial charge in [0.1, 0.15) is 0 Å². The second-order valence-corrected chi connectivity index (χ2v) is 4.25. The maximum absolute atomic E-state index is 4.07.